The molecule has 1 heteroatoms. The van der Waals surface area contributed by atoms with Gasteiger partial charge in [0.25, 0.3) is 0 Å². The zero-order valence-electron chi connectivity index (χ0n) is 16.0. The van der Waals surface area contributed by atoms with E-state index in [0.29, 0.717) is 11.2 Å². The van der Waals surface area contributed by atoms with Crippen molar-refractivity contribution in [3.05, 3.63) is 23.8 Å². The summed E-state index contributed by atoms with van der Waals surface area (Å²) in [7, 11) is 0. The Bertz CT molecular complexity index is 599. The van der Waals surface area contributed by atoms with Crippen LogP contribution in [-0.4, -0.2) is 5.78 Å². The van der Waals surface area contributed by atoms with Crippen molar-refractivity contribution < 1.29 is 4.79 Å². The van der Waals surface area contributed by atoms with Crippen LogP contribution in [0, 0.1) is 40.4 Å². The molecular weight excluding hydrogens is 292 g/mol. The molecule has 4 aliphatic rings. The van der Waals surface area contributed by atoms with Crippen LogP contribution >= 0.6 is 0 Å². The lowest BCUT2D eigenvalue weighted by Gasteiger charge is -2.56. The molecule has 0 heterocycles. The van der Waals surface area contributed by atoms with E-state index in [1.54, 1.807) is 0 Å². The molecule has 0 spiro atoms. The summed E-state index contributed by atoms with van der Waals surface area (Å²) in [6.07, 6.45) is 15.6. The second kappa shape index (κ2) is 5.58. The highest BCUT2D eigenvalue weighted by molar-refractivity contribution is 5.92. The Morgan fingerprint density at radius 1 is 1.17 bits per heavy atom. The summed E-state index contributed by atoms with van der Waals surface area (Å²) in [6, 6.07) is 0. The van der Waals surface area contributed by atoms with E-state index in [4.69, 9.17) is 0 Å². The second-order valence-corrected chi connectivity index (χ2v) is 9.75. The molecule has 1 nitrogen and oxygen atoms in total. The molecule has 7 atom stereocenters. The third kappa shape index (κ3) is 2.15. The van der Waals surface area contributed by atoms with E-state index in [-0.39, 0.29) is 5.41 Å². The van der Waals surface area contributed by atoms with E-state index >= 15 is 0 Å². The SMILES string of the molecule is CC[C@@H](C)[C@H]1CCC2C3C=CC4=CC(=O)CC[C@@]4(C)C3CC[C@@]21C. The van der Waals surface area contributed by atoms with Gasteiger partial charge in [0.15, 0.2) is 5.78 Å². The van der Waals surface area contributed by atoms with Crippen molar-refractivity contribution in [2.24, 2.45) is 40.4 Å². The average molecular weight is 327 g/mol. The lowest BCUT2D eigenvalue weighted by molar-refractivity contribution is -0.116. The fourth-order valence-corrected chi connectivity index (χ4v) is 7.26. The van der Waals surface area contributed by atoms with Crippen molar-refractivity contribution in [2.75, 3.05) is 0 Å². The first kappa shape index (κ1) is 16.6. The molecule has 24 heavy (non-hydrogen) atoms. The third-order valence-electron chi connectivity index (χ3n) is 8.92. The zero-order valence-corrected chi connectivity index (χ0v) is 16.0. The minimum atomic E-state index is 0.253. The molecule has 3 unspecified atom stereocenters. The number of fused-ring (bicyclic) bond motifs is 5. The molecule has 0 N–H and O–H groups in total. The normalized spacial score (nSPS) is 48.3. The van der Waals surface area contributed by atoms with Crippen LogP contribution in [-0.2, 0) is 4.79 Å². The minimum absolute atomic E-state index is 0.253. The van der Waals surface area contributed by atoms with Gasteiger partial charge in [0, 0.05) is 6.42 Å². The number of ketones is 1. The molecular formula is C23H34O. The van der Waals surface area contributed by atoms with Crippen molar-refractivity contribution >= 4 is 5.78 Å². The number of hydrogen-bond acceptors (Lipinski definition) is 1. The van der Waals surface area contributed by atoms with Crippen LogP contribution in [0.5, 0.6) is 0 Å². The van der Waals surface area contributed by atoms with Gasteiger partial charge in [0.05, 0.1) is 0 Å². The van der Waals surface area contributed by atoms with Gasteiger partial charge in [-0.2, -0.15) is 0 Å². The molecule has 0 bridgehead atoms. The molecule has 0 aliphatic heterocycles. The van der Waals surface area contributed by atoms with Gasteiger partial charge < -0.3 is 0 Å². The van der Waals surface area contributed by atoms with Gasteiger partial charge in [-0.25, -0.2) is 0 Å². The van der Waals surface area contributed by atoms with E-state index in [0.717, 1.165) is 42.4 Å². The van der Waals surface area contributed by atoms with Crippen LogP contribution in [0.2, 0.25) is 0 Å². The fourth-order valence-electron chi connectivity index (χ4n) is 7.26. The van der Waals surface area contributed by atoms with Gasteiger partial charge in [-0.15, -0.1) is 0 Å². The number of allylic oxidation sites excluding steroid dienone is 4. The Kier molecular flexibility index (Phi) is 3.86. The van der Waals surface area contributed by atoms with Crippen molar-refractivity contribution in [2.45, 2.75) is 72.6 Å². The first-order valence-corrected chi connectivity index (χ1v) is 10.3. The van der Waals surface area contributed by atoms with Gasteiger partial charge in [-0.1, -0.05) is 46.3 Å². The highest BCUT2D eigenvalue weighted by atomic mass is 16.1. The molecule has 4 aliphatic carbocycles. The molecule has 0 aromatic rings. The minimum Gasteiger partial charge on any atom is -0.295 e. The van der Waals surface area contributed by atoms with Crippen molar-refractivity contribution in [1.82, 2.24) is 0 Å². The van der Waals surface area contributed by atoms with Gasteiger partial charge in [0.1, 0.15) is 0 Å². The highest BCUT2D eigenvalue weighted by Gasteiger charge is 2.58. The summed E-state index contributed by atoms with van der Waals surface area (Å²) in [4.78, 5) is 11.9. The van der Waals surface area contributed by atoms with Crippen LogP contribution in [0.25, 0.3) is 0 Å². The maximum atomic E-state index is 11.9. The Hall–Kier alpha value is -0.850. The van der Waals surface area contributed by atoms with Crippen molar-refractivity contribution in [3.8, 4) is 0 Å². The van der Waals surface area contributed by atoms with Gasteiger partial charge >= 0.3 is 0 Å². The molecule has 2 saturated carbocycles. The number of carbonyl (C=O) groups is 1. The van der Waals surface area contributed by atoms with Crippen LogP contribution < -0.4 is 0 Å². The highest BCUT2D eigenvalue weighted by Crippen LogP contribution is 2.66. The first-order valence-electron chi connectivity index (χ1n) is 10.3. The number of rotatable bonds is 2. The lowest BCUT2D eigenvalue weighted by Crippen LogP contribution is -2.49. The zero-order chi connectivity index (χ0) is 17.1. The summed E-state index contributed by atoms with van der Waals surface area (Å²) < 4.78 is 0. The lowest BCUT2D eigenvalue weighted by atomic mass is 9.48. The van der Waals surface area contributed by atoms with Gasteiger partial charge in [0.2, 0.25) is 0 Å². The standard InChI is InChI=1S/C23H34O/c1-5-15(2)19-8-9-20-18-7-6-16-14-17(24)10-12-22(16,3)21(18)11-13-23(19,20)4/h6-7,14-15,18-21H,5,8-13H2,1-4H3/t15-,18?,19-,20?,21?,22-,23-/m1/s1. The van der Waals surface area contributed by atoms with Gasteiger partial charge in [-0.05, 0) is 84.2 Å². The predicted molar refractivity (Wildman–Crippen MR) is 99.6 cm³/mol. The largest absolute Gasteiger partial charge is 0.295 e. The maximum absolute atomic E-state index is 11.9. The van der Waals surface area contributed by atoms with E-state index in [2.05, 4.69) is 39.8 Å². The van der Waals surface area contributed by atoms with Crippen LogP contribution in [0.1, 0.15) is 72.6 Å². The second-order valence-electron chi connectivity index (χ2n) is 9.75. The Morgan fingerprint density at radius 3 is 2.71 bits per heavy atom. The monoisotopic (exact) mass is 326 g/mol. The van der Waals surface area contributed by atoms with E-state index < -0.39 is 0 Å². The fraction of sp³-hybridized carbons (Fsp3) is 0.783. The quantitative estimate of drug-likeness (QED) is 0.612. The topological polar surface area (TPSA) is 17.1 Å². The number of carbonyl (C=O) groups excluding carboxylic acids is 1. The van der Waals surface area contributed by atoms with E-state index in [9.17, 15) is 4.79 Å². The predicted octanol–water partition coefficient (Wildman–Crippen LogP) is 5.96. The molecule has 0 aromatic heterocycles. The molecule has 2 fully saturated rings. The number of hydrogen-bond donors (Lipinski definition) is 0. The summed E-state index contributed by atoms with van der Waals surface area (Å²) in [5.74, 6) is 4.48. The Labute approximate surface area is 148 Å². The molecule has 0 radical (unpaired) electrons. The molecule has 0 saturated heterocycles. The van der Waals surface area contributed by atoms with E-state index in [1.165, 1.54) is 37.7 Å². The Morgan fingerprint density at radius 2 is 1.96 bits per heavy atom. The molecule has 132 valence electrons. The van der Waals surface area contributed by atoms with Crippen molar-refractivity contribution in [1.29, 1.82) is 0 Å². The van der Waals surface area contributed by atoms with Gasteiger partial charge in [-0.3, -0.25) is 4.79 Å². The molecule has 4 rings (SSSR count). The summed E-state index contributed by atoms with van der Waals surface area (Å²) in [5.41, 5.74) is 2.13. The van der Waals surface area contributed by atoms with Crippen LogP contribution in [0.3, 0.4) is 0 Å². The maximum Gasteiger partial charge on any atom is 0.156 e. The smallest absolute Gasteiger partial charge is 0.156 e. The molecule has 0 amide bonds. The average Bonchev–Trinajstić information content (AvgIpc) is 2.92. The molecule has 0 aromatic carbocycles. The van der Waals surface area contributed by atoms with Crippen molar-refractivity contribution in [3.63, 3.8) is 0 Å². The van der Waals surface area contributed by atoms with Crippen LogP contribution in [0.15, 0.2) is 23.8 Å². The summed E-state index contributed by atoms with van der Waals surface area (Å²) >= 11 is 0. The Balaban J connectivity index is 1.68. The van der Waals surface area contributed by atoms with Crippen LogP contribution in [0.4, 0.5) is 0 Å². The third-order valence-corrected chi connectivity index (χ3v) is 8.92. The van der Waals surface area contributed by atoms with E-state index in [1.807, 2.05) is 6.08 Å². The first-order chi connectivity index (χ1) is 11.4. The summed E-state index contributed by atoms with van der Waals surface area (Å²) in [5, 5.41) is 0. The summed E-state index contributed by atoms with van der Waals surface area (Å²) in [6.45, 7) is 9.92.